The molecule has 1 aliphatic rings. The van der Waals surface area contributed by atoms with Gasteiger partial charge in [-0.3, -0.25) is 4.98 Å². The summed E-state index contributed by atoms with van der Waals surface area (Å²) < 4.78 is 6.07. The van der Waals surface area contributed by atoms with E-state index in [0.717, 1.165) is 30.4 Å². The third-order valence-electron chi connectivity index (χ3n) is 4.03. The lowest BCUT2D eigenvalue weighted by molar-refractivity contribution is 0.216. The van der Waals surface area contributed by atoms with Gasteiger partial charge in [0.25, 0.3) is 0 Å². The topological polar surface area (TPSA) is 38.2 Å². The lowest BCUT2D eigenvalue weighted by Gasteiger charge is -2.18. The summed E-state index contributed by atoms with van der Waals surface area (Å²) in [5, 5.41) is 1.14. The van der Waals surface area contributed by atoms with Crippen molar-refractivity contribution < 1.29 is 4.74 Å². The monoisotopic (exact) mass is 291 g/mol. The van der Waals surface area contributed by atoms with Crippen molar-refractivity contribution in [2.45, 2.75) is 12.5 Å². The third-order valence-corrected chi connectivity index (χ3v) is 4.03. The lowest BCUT2D eigenvalue weighted by atomic mass is 10.2. The van der Waals surface area contributed by atoms with Gasteiger partial charge in [-0.15, -0.1) is 0 Å². The minimum atomic E-state index is 0.182. The molecule has 0 N–H and O–H groups in total. The highest BCUT2D eigenvalue weighted by molar-refractivity contribution is 5.78. The van der Waals surface area contributed by atoms with E-state index in [1.807, 2.05) is 48.8 Å². The second kappa shape index (κ2) is 5.64. The maximum absolute atomic E-state index is 6.07. The van der Waals surface area contributed by atoms with E-state index in [1.165, 1.54) is 5.69 Å². The fraction of sp³-hybridized carbons (Fsp3) is 0.222. The SMILES string of the molecule is c1ccc2nc(OC3CCN(c4ccncc4)C3)ccc2c1. The molecule has 2 aromatic heterocycles. The summed E-state index contributed by atoms with van der Waals surface area (Å²) in [6, 6.07) is 16.2. The molecule has 4 nitrogen and oxygen atoms in total. The lowest BCUT2D eigenvalue weighted by Crippen LogP contribution is -2.24. The second-order valence-electron chi connectivity index (χ2n) is 5.52. The zero-order valence-corrected chi connectivity index (χ0v) is 12.2. The number of pyridine rings is 2. The highest BCUT2D eigenvalue weighted by Gasteiger charge is 2.24. The molecular weight excluding hydrogens is 274 g/mol. The van der Waals surface area contributed by atoms with Gasteiger partial charge in [0.05, 0.1) is 12.1 Å². The van der Waals surface area contributed by atoms with E-state index in [-0.39, 0.29) is 6.10 Å². The van der Waals surface area contributed by atoms with Crippen molar-refractivity contribution >= 4 is 16.6 Å². The number of para-hydroxylation sites is 1. The first-order valence-electron chi connectivity index (χ1n) is 7.56. The van der Waals surface area contributed by atoms with E-state index < -0.39 is 0 Å². The molecule has 0 radical (unpaired) electrons. The standard InChI is InChI=1S/C18H17N3O/c1-2-4-17-14(3-1)5-6-18(20-17)22-16-9-12-21(13-16)15-7-10-19-11-8-15/h1-8,10-11,16H,9,12-13H2. The number of rotatable bonds is 3. The summed E-state index contributed by atoms with van der Waals surface area (Å²) in [6.07, 6.45) is 4.85. The Morgan fingerprint density at radius 2 is 1.86 bits per heavy atom. The van der Waals surface area contributed by atoms with Crippen molar-refractivity contribution in [1.82, 2.24) is 9.97 Å². The third kappa shape index (κ3) is 2.60. The van der Waals surface area contributed by atoms with Crippen LogP contribution in [-0.4, -0.2) is 29.2 Å². The number of benzene rings is 1. The number of aromatic nitrogens is 2. The predicted molar refractivity (Wildman–Crippen MR) is 87.2 cm³/mol. The molecule has 110 valence electrons. The van der Waals surface area contributed by atoms with Crippen molar-refractivity contribution in [1.29, 1.82) is 0 Å². The Labute approximate surface area is 129 Å². The van der Waals surface area contributed by atoms with Crippen LogP contribution in [0.4, 0.5) is 5.69 Å². The minimum absolute atomic E-state index is 0.182. The summed E-state index contributed by atoms with van der Waals surface area (Å²) in [5.41, 5.74) is 2.18. The summed E-state index contributed by atoms with van der Waals surface area (Å²) in [5.74, 6) is 0.709. The van der Waals surface area contributed by atoms with Crippen LogP contribution in [0.25, 0.3) is 10.9 Å². The van der Waals surface area contributed by atoms with Crippen molar-refractivity contribution in [3.05, 3.63) is 60.9 Å². The van der Waals surface area contributed by atoms with E-state index in [9.17, 15) is 0 Å². The fourth-order valence-electron chi connectivity index (χ4n) is 2.90. The van der Waals surface area contributed by atoms with Crippen molar-refractivity contribution in [2.75, 3.05) is 18.0 Å². The van der Waals surface area contributed by atoms with Crippen LogP contribution in [0.15, 0.2) is 60.9 Å². The van der Waals surface area contributed by atoms with Crippen molar-refractivity contribution in [3.8, 4) is 5.88 Å². The van der Waals surface area contributed by atoms with E-state index >= 15 is 0 Å². The highest BCUT2D eigenvalue weighted by atomic mass is 16.5. The molecule has 0 saturated carbocycles. The molecule has 22 heavy (non-hydrogen) atoms. The maximum atomic E-state index is 6.07. The van der Waals surface area contributed by atoms with Gasteiger partial charge < -0.3 is 9.64 Å². The Kier molecular flexibility index (Phi) is 3.35. The summed E-state index contributed by atoms with van der Waals surface area (Å²) in [6.45, 7) is 1.89. The molecule has 0 bridgehead atoms. The quantitative estimate of drug-likeness (QED) is 0.742. The molecular formula is C18H17N3O. The second-order valence-corrected chi connectivity index (χ2v) is 5.52. The smallest absolute Gasteiger partial charge is 0.214 e. The first-order chi connectivity index (χ1) is 10.9. The predicted octanol–water partition coefficient (Wildman–Crippen LogP) is 3.29. The molecule has 3 aromatic rings. The number of anilines is 1. The average Bonchev–Trinajstić information content (AvgIpc) is 3.04. The molecule has 4 heteroatoms. The Morgan fingerprint density at radius 3 is 2.77 bits per heavy atom. The van der Waals surface area contributed by atoms with Crippen LogP contribution in [0.1, 0.15) is 6.42 Å². The van der Waals surface area contributed by atoms with Gasteiger partial charge in [-0.05, 0) is 24.3 Å². The van der Waals surface area contributed by atoms with Gasteiger partial charge in [0, 0.05) is 42.5 Å². The normalized spacial score (nSPS) is 17.8. The van der Waals surface area contributed by atoms with Gasteiger partial charge in [0.1, 0.15) is 6.10 Å². The Morgan fingerprint density at radius 1 is 1.00 bits per heavy atom. The Bertz CT molecular complexity index is 775. The molecule has 1 aromatic carbocycles. The molecule has 0 aliphatic carbocycles. The molecule has 1 saturated heterocycles. The van der Waals surface area contributed by atoms with Crippen LogP contribution in [0, 0.1) is 0 Å². The number of fused-ring (bicyclic) bond motifs is 1. The van der Waals surface area contributed by atoms with E-state index in [1.54, 1.807) is 0 Å². The van der Waals surface area contributed by atoms with Crippen molar-refractivity contribution in [3.63, 3.8) is 0 Å². The van der Waals surface area contributed by atoms with Crippen LogP contribution in [0.5, 0.6) is 5.88 Å². The maximum Gasteiger partial charge on any atom is 0.214 e. The Hall–Kier alpha value is -2.62. The number of nitrogens with zero attached hydrogens (tertiary/aromatic N) is 3. The van der Waals surface area contributed by atoms with Gasteiger partial charge in [-0.25, -0.2) is 4.98 Å². The molecule has 1 fully saturated rings. The van der Waals surface area contributed by atoms with E-state index in [4.69, 9.17) is 4.74 Å². The molecule has 1 atom stereocenters. The number of hydrogen-bond acceptors (Lipinski definition) is 4. The number of hydrogen-bond donors (Lipinski definition) is 0. The van der Waals surface area contributed by atoms with Gasteiger partial charge >= 0.3 is 0 Å². The molecule has 0 spiro atoms. The van der Waals surface area contributed by atoms with Crippen LogP contribution in [-0.2, 0) is 0 Å². The van der Waals surface area contributed by atoms with Gasteiger partial charge in [0.15, 0.2) is 0 Å². The molecule has 3 heterocycles. The van der Waals surface area contributed by atoms with E-state index in [0.29, 0.717) is 5.88 Å². The Balaban J connectivity index is 1.47. The van der Waals surface area contributed by atoms with Gasteiger partial charge in [0.2, 0.25) is 5.88 Å². The molecule has 1 unspecified atom stereocenters. The van der Waals surface area contributed by atoms with E-state index in [2.05, 4.69) is 27.0 Å². The fourth-order valence-corrected chi connectivity index (χ4v) is 2.90. The number of ether oxygens (including phenoxy) is 1. The van der Waals surface area contributed by atoms with Crippen LogP contribution in [0.2, 0.25) is 0 Å². The summed E-state index contributed by atoms with van der Waals surface area (Å²) in [4.78, 5) is 11.0. The largest absolute Gasteiger partial charge is 0.472 e. The zero-order chi connectivity index (χ0) is 14.8. The molecule has 1 aliphatic heterocycles. The average molecular weight is 291 g/mol. The highest BCUT2D eigenvalue weighted by Crippen LogP contribution is 2.23. The first kappa shape index (κ1) is 13.1. The van der Waals surface area contributed by atoms with Crippen LogP contribution < -0.4 is 9.64 Å². The zero-order valence-electron chi connectivity index (χ0n) is 12.2. The first-order valence-corrected chi connectivity index (χ1v) is 7.56. The van der Waals surface area contributed by atoms with Gasteiger partial charge in [-0.2, -0.15) is 0 Å². The molecule has 4 rings (SSSR count). The van der Waals surface area contributed by atoms with Crippen LogP contribution in [0.3, 0.4) is 0 Å². The van der Waals surface area contributed by atoms with Crippen molar-refractivity contribution in [2.24, 2.45) is 0 Å². The molecule has 0 amide bonds. The van der Waals surface area contributed by atoms with Gasteiger partial charge in [-0.1, -0.05) is 18.2 Å². The van der Waals surface area contributed by atoms with Crippen LogP contribution >= 0.6 is 0 Å². The minimum Gasteiger partial charge on any atom is -0.472 e. The summed E-state index contributed by atoms with van der Waals surface area (Å²) in [7, 11) is 0. The summed E-state index contributed by atoms with van der Waals surface area (Å²) >= 11 is 0.